The molecule has 92 valence electrons. The van der Waals surface area contributed by atoms with E-state index in [1.54, 1.807) is 0 Å². The van der Waals surface area contributed by atoms with E-state index in [2.05, 4.69) is 27.7 Å². The molecule has 0 bridgehead atoms. The lowest BCUT2D eigenvalue weighted by molar-refractivity contribution is 0.161. The molecule has 15 heavy (non-hydrogen) atoms. The first-order valence-corrected chi connectivity index (χ1v) is 9.23. The Morgan fingerprint density at radius 1 is 0.733 bits per heavy atom. The van der Waals surface area contributed by atoms with Crippen LogP contribution in [0.25, 0.3) is 0 Å². The smallest absolute Gasteiger partial charge is 0.113 e. The summed E-state index contributed by atoms with van der Waals surface area (Å²) >= 11 is 0. The molecule has 0 atom stereocenters. The molecule has 0 aliphatic heterocycles. The fourth-order valence-electron chi connectivity index (χ4n) is 2.15. The second-order valence-electron chi connectivity index (χ2n) is 4.27. The van der Waals surface area contributed by atoms with Crippen molar-refractivity contribution in [3.8, 4) is 0 Å². The first-order chi connectivity index (χ1) is 7.24. The van der Waals surface area contributed by atoms with Crippen molar-refractivity contribution < 1.29 is 9.47 Å². The summed E-state index contributed by atoms with van der Waals surface area (Å²) in [6.07, 6.45) is 4.52. The average Bonchev–Trinajstić information content (AvgIpc) is 2.24. The molecule has 0 spiro atoms. The Bertz CT molecular complexity index is 124. The highest BCUT2D eigenvalue weighted by Gasteiger charge is 2.31. The highest BCUT2D eigenvalue weighted by molar-refractivity contribution is 6.79. The van der Waals surface area contributed by atoms with Gasteiger partial charge in [-0.3, -0.25) is 0 Å². The van der Waals surface area contributed by atoms with E-state index < -0.39 is 8.07 Å². The van der Waals surface area contributed by atoms with Gasteiger partial charge < -0.3 is 9.47 Å². The molecular weight excluding hydrogens is 204 g/mol. The maximum atomic E-state index is 5.68. The number of hydrogen-bond acceptors (Lipinski definition) is 2. The SMILES string of the molecule is CCC[Si](CCC)(COCC)COCC. The van der Waals surface area contributed by atoms with Crippen LogP contribution in [0.3, 0.4) is 0 Å². The molecular formula is C12H28O2Si. The second-order valence-corrected chi connectivity index (χ2v) is 8.85. The van der Waals surface area contributed by atoms with Crippen molar-refractivity contribution in [2.45, 2.75) is 52.6 Å². The molecule has 0 radical (unpaired) electrons. The Hall–Kier alpha value is 0.137. The van der Waals surface area contributed by atoms with Gasteiger partial charge in [0.15, 0.2) is 0 Å². The second kappa shape index (κ2) is 9.37. The van der Waals surface area contributed by atoms with Crippen molar-refractivity contribution in [2.24, 2.45) is 0 Å². The van der Waals surface area contributed by atoms with Crippen molar-refractivity contribution in [3.63, 3.8) is 0 Å². The third kappa shape index (κ3) is 6.33. The summed E-state index contributed by atoms with van der Waals surface area (Å²) < 4.78 is 11.4. The van der Waals surface area contributed by atoms with E-state index in [0.29, 0.717) is 0 Å². The predicted octanol–water partition coefficient (Wildman–Crippen LogP) is 3.41. The molecule has 0 amide bonds. The van der Waals surface area contributed by atoms with Gasteiger partial charge in [0.2, 0.25) is 0 Å². The van der Waals surface area contributed by atoms with Crippen LogP contribution in [0.15, 0.2) is 0 Å². The fourth-order valence-corrected chi connectivity index (χ4v) is 6.46. The van der Waals surface area contributed by atoms with Crippen molar-refractivity contribution in [1.82, 2.24) is 0 Å². The summed E-state index contributed by atoms with van der Waals surface area (Å²) in [6, 6.07) is 2.70. The molecule has 2 nitrogen and oxygen atoms in total. The van der Waals surface area contributed by atoms with Gasteiger partial charge in [-0.15, -0.1) is 0 Å². The van der Waals surface area contributed by atoms with Crippen LogP contribution in [0.2, 0.25) is 12.1 Å². The van der Waals surface area contributed by atoms with Crippen molar-refractivity contribution in [1.29, 1.82) is 0 Å². The lowest BCUT2D eigenvalue weighted by atomic mass is 10.6. The highest BCUT2D eigenvalue weighted by Crippen LogP contribution is 2.21. The average molecular weight is 232 g/mol. The van der Waals surface area contributed by atoms with E-state index in [4.69, 9.17) is 9.47 Å². The minimum Gasteiger partial charge on any atom is -0.385 e. The van der Waals surface area contributed by atoms with Gasteiger partial charge in [-0.2, -0.15) is 0 Å². The minimum atomic E-state index is -1.28. The van der Waals surface area contributed by atoms with E-state index in [9.17, 15) is 0 Å². The summed E-state index contributed by atoms with van der Waals surface area (Å²) in [4.78, 5) is 0. The number of ether oxygens (including phenoxy) is 2. The van der Waals surface area contributed by atoms with Crippen LogP contribution < -0.4 is 0 Å². The lowest BCUT2D eigenvalue weighted by Gasteiger charge is -2.30. The van der Waals surface area contributed by atoms with Crippen LogP contribution >= 0.6 is 0 Å². The Labute approximate surface area is 96.4 Å². The van der Waals surface area contributed by atoms with Gasteiger partial charge in [0.1, 0.15) is 8.07 Å². The highest BCUT2D eigenvalue weighted by atomic mass is 28.3. The minimum absolute atomic E-state index is 0.842. The van der Waals surface area contributed by atoms with Gasteiger partial charge in [0, 0.05) is 25.7 Å². The summed E-state index contributed by atoms with van der Waals surface area (Å²) in [5, 5.41) is 0. The Morgan fingerprint density at radius 2 is 1.13 bits per heavy atom. The van der Waals surface area contributed by atoms with Gasteiger partial charge in [-0.05, 0) is 13.8 Å². The molecule has 0 aliphatic carbocycles. The van der Waals surface area contributed by atoms with Crippen LogP contribution in [0.4, 0.5) is 0 Å². The van der Waals surface area contributed by atoms with Crippen molar-refractivity contribution >= 4 is 8.07 Å². The molecule has 0 aromatic rings. The van der Waals surface area contributed by atoms with Gasteiger partial charge in [-0.25, -0.2) is 0 Å². The third-order valence-corrected chi connectivity index (χ3v) is 7.54. The Morgan fingerprint density at radius 3 is 1.40 bits per heavy atom. The van der Waals surface area contributed by atoms with Gasteiger partial charge in [-0.1, -0.05) is 38.8 Å². The monoisotopic (exact) mass is 232 g/mol. The predicted molar refractivity (Wildman–Crippen MR) is 68.9 cm³/mol. The molecule has 0 aromatic heterocycles. The van der Waals surface area contributed by atoms with Crippen LogP contribution in [0, 0.1) is 0 Å². The Balaban J connectivity index is 4.26. The van der Waals surface area contributed by atoms with Crippen molar-refractivity contribution in [3.05, 3.63) is 0 Å². The standard InChI is InChI=1S/C12H28O2Si/c1-5-9-15(10-6-2,11-13-7-3)12-14-8-4/h5-12H2,1-4H3. The molecule has 0 aliphatic rings. The molecule has 0 unspecified atom stereocenters. The first kappa shape index (κ1) is 15.1. The molecule has 0 rings (SSSR count). The van der Waals surface area contributed by atoms with Crippen LogP contribution in [-0.2, 0) is 9.47 Å². The first-order valence-electron chi connectivity index (χ1n) is 6.40. The quantitative estimate of drug-likeness (QED) is 0.537. The molecule has 0 N–H and O–H groups in total. The zero-order chi connectivity index (χ0) is 11.6. The zero-order valence-electron chi connectivity index (χ0n) is 11.0. The van der Waals surface area contributed by atoms with E-state index in [-0.39, 0.29) is 0 Å². The lowest BCUT2D eigenvalue weighted by Crippen LogP contribution is -2.45. The topological polar surface area (TPSA) is 18.5 Å². The van der Waals surface area contributed by atoms with E-state index in [0.717, 1.165) is 25.7 Å². The summed E-state index contributed by atoms with van der Waals surface area (Å²) in [5.41, 5.74) is 0. The van der Waals surface area contributed by atoms with E-state index >= 15 is 0 Å². The molecule has 0 saturated carbocycles. The fraction of sp³-hybridized carbons (Fsp3) is 1.00. The van der Waals surface area contributed by atoms with Crippen molar-refractivity contribution in [2.75, 3.05) is 25.7 Å². The molecule has 0 saturated heterocycles. The maximum Gasteiger partial charge on any atom is 0.113 e. The number of rotatable bonds is 10. The summed E-state index contributed by atoms with van der Waals surface area (Å²) in [7, 11) is -1.28. The summed E-state index contributed by atoms with van der Waals surface area (Å²) in [6.45, 7) is 10.4. The third-order valence-electron chi connectivity index (χ3n) is 2.79. The van der Waals surface area contributed by atoms with E-state index in [1.165, 1.54) is 24.9 Å². The van der Waals surface area contributed by atoms with Crippen LogP contribution in [-0.4, -0.2) is 33.7 Å². The summed E-state index contributed by atoms with van der Waals surface area (Å²) in [5.74, 6) is 0. The van der Waals surface area contributed by atoms with E-state index in [1.807, 2.05) is 0 Å². The number of hydrogen-bond donors (Lipinski definition) is 0. The molecule has 0 fully saturated rings. The maximum absolute atomic E-state index is 5.68. The van der Waals surface area contributed by atoms with Crippen LogP contribution in [0.5, 0.6) is 0 Å². The molecule has 0 aromatic carbocycles. The molecule has 3 heteroatoms. The zero-order valence-corrected chi connectivity index (χ0v) is 12.0. The van der Waals surface area contributed by atoms with Gasteiger partial charge in [0.05, 0.1) is 0 Å². The van der Waals surface area contributed by atoms with Gasteiger partial charge in [0.25, 0.3) is 0 Å². The Kier molecular flexibility index (Phi) is 9.45. The van der Waals surface area contributed by atoms with Crippen LogP contribution in [0.1, 0.15) is 40.5 Å². The molecule has 0 heterocycles. The van der Waals surface area contributed by atoms with Gasteiger partial charge >= 0.3 is 0 Å². The normalized spacial score (nSPS) is 12.0. The largest absolute Gasteiger partial charge is 0.385 e.